The number of rotatable bonds is 6. The zero-order valence-corrected chi connectivity index (χ0v) is 12.9. The summed E-state index contributed by atoms with van der Waals surface area (Å²) in [6.07, 6.45) is 4.77. The Balaban J connectivity index is 1.91. The first kappa shape index (κ1) is 13.0. The summed E-state index contributed by atoms with van der Waals surface area (Å²) in [5.74, 6) is 0.718. The molecule has 19 heavy (non-hydrogen) atoms. The Bertz CT molecular complexity index is 557. The van der Waals surface area contributed by atoms with Crippen molar-refractivity contribution in [3.63, 3.8) is 0 Å². The molecule has 4 nitrogen and oxygen atoms in total. The van der Waals surface area contributed by atoms with Crippen molar-refractivity contribution in [2.45, 2.75) is 45.4 Å². The van der Waals surface area contributed by atoms with Crippen molar-refractivity contribution < 1.29 is 0 Å². The van der Waals surface area contributed by atoms with Gasteiger partial charge in [0.2, 0.25) is 5.13 Å². The third kappa shape index (κ3) is 2.79. The van der Waals surface area contributed by atoms with E-state index in [2.05, 4.69) is 29.4 Å². The number of thiazole rings is 1. The highest BCUT2D eigenvalue weighted by Gasteiger charge is 2.29. The minimum absolute atomic E-state index is 0.718. The first-order valence-corrected chi connectivity index (χ1v) is 8.52. The van der Waals surface area contributed by atoms with Gasteiger partial charge in [0.25, 0.3) is 0 Å². The van der Waals surface area contributed by atoms with Gasteiger partial charge in [-0.05, 0) is 26.2 Å². The van der Waals surface area contributed by atoms with Crippen LogP contribution in [0.3, 0.4) is 0 Å². The number of hydrogen-bond donors (Lipinski definition) is 1. The van der Waals surface area contributed by atoms with Gasteiger partial charge in [0, 0.05) is 12.5 Å². The summed E-state index contributed by atoms with van der Waals surface area (Å²) in [5.41, 5.74) is 1.22. The van der Waals surface area contributed by atoms with E-state index in [1.165, 1.54) is 28.4 Å². The Kier molecular flexibility index (Phi) is 3.79. The standard InChI is InChI=1S/C13H18N4S2/c1-3-5-9-10(18-11(15-9)8-6-7-8)12-16-17-13(19-12)14-4-2/h8H,3-7H2,1-2H3,(H,14,17). The van der Waals surface area contributed by atoms with Crippen LogP contribution in [0.2, 0.25) is 0 Å². The first-order chi connectivity index (χ1) is 9.31. The van der Waals surface area contributed by atoms with Gasteiger partial charge in [0.15, 0.2) is 5.01 Å². The van der Waals surface area contributed by atoms with Crippen LogP contribution in [0.4, 0.5) is 5.13 Å². The number of aryl methyl sites for hydroxylation is 1. The number of hydrogen-bond acceptors (Lipinski definition) is 6. The summed E-state index contributed by atoms with van der Waals surface area (Å²) in [5, 5.41) is 15.0. The average molecular weight is 294 g/mol. The SMILES string of the molecule is CCCc1nc(C2CC2)sc1-c1nnc(NCC)s1. The number of nitrogens with one attached hydrogen (secondary N) is 1. The second-order valence-corrected chi connectivity index (χ2v) is 6.80. The third-order valence-electron chi connectivity index (χ3n) is 3.07. The minimum atomic E-state index is 0.718. The fraction of sp³-hybridized carbons (Fsp3) is 0.615. The van der Waals surface area contributed by atoms with Crippen molar-refractivity contribution in [1.82, 2.24) is 15.2 Å². The van der Waals surface area contributed by atoms with Gasteiger partial charge in [-0.2, -0.15) is 0 Å². The Hall–Kier alpha value is -1.01. The Morgan fingerprint density at radius 1 is 1.21 bits per heavy atom. The van der Waals surface area contributed by atoms with Crippen molar-refractivity contribution in [1.29, 1.82) is 0 Å². The molecule has 0 radical (unpaired) electrons. The summed E-state index contributed by atoms with van der Waals surface area (Å²) >= 11 is 3.46. The van der Waals surface area contributed by atoms with Gasteiger partial charge in [-0.1, -0.05) is 24.7 Å². The summed E-state index contributed by atoms with van der Waals surface area (Å²) in [7, 11) is 0. The molecule has 0 aliphatic heterocycles. The number of aromatic nitrogens is 3. The molecule has 1 N–H and O–H groups in total. The molecule has 2 heterocycles. The highest BCUT2D eigenvalue weighted by atomic mass is 32.1. The largest absolute Gasteiger partial charge is 0.360 e. The molecule has 0 bridgehead atoms. The summed E-state index contributed by atoms with van der Waals surface area (Å²) in [6.45, 7) is 5.15. The fourth-order valence-corrected chi connectivity index (χ4v) is 4.17. The summed E-state index contributed by atoms with van der Waals surface area (Å²) in [6, 6.07) is 0. The lowest BCUT2D eigenvalue weighted by Crippen LogP contribution is -1.94. The molecule has 0 saturated heterocycles. The van der Waals surface area contributed by atoms with Gasteiger partial charge in [-0.3, -0.25) is 0 Å². The molecule has 1 aliphatic rings. The lowest BCUT2D eigenvalue weighted by atomic mass is 10.2. The van der Waals surface area contributed by atoms with E-state index >= 15 is 0 Å². The second kappa shape index (κ2) is 5.54. The molecule has 2 aromatic heterocycles. The fourth-order valence-electron chi connectivity index (χ4n) is 1.99. The lowest BCUT2D eigenvalue weighted by molar-refractivity contribution is 0.880. The zero-order chi connectivity index (χ0) is 13.2. The van der Waals surface area contributed by atoms with Crippen LogP contribution in [0, 0.1) is 0 Å². The maximum Gasteiger partial charge on any atom is 0.206 e. The molecule has 0 spiro atoms. The van der Waals surface area contributed by atoms with Crippen molar-refractivity contribution in [2.75, 3.05) is 11.9 Å². The smallest absolute Gasteiger partial charge is 0.206 e. The summed E-state index contributed by atoms with van der Waals surface area (Å²) < 4.78 is 0. The Morgan fingerprint density at radius 2 is 2.05 bits per heavy atom. The van der Waals surface area contributed by atoms with Gasteiger partial charge < -0.3 is 5.32 Å². The number of anilines is 1. The van der Waals surface area contributed by atoms with Crippen LogP contribution in [-0.2, 0) is 6.42 Å². The van der Waals surface area contributed by atoms with Gasteiger partial charge in [0.1, 0.15) is 0 Å². The third-order valence-corrected chi connectivity index (χ3v) is 5.37. The van der Waals surface area contributed by atoms with E-state index in [4.69, 9.17) is 4.98 Å². The van der Waals surface area contributed by atoms with Crippen LogP contribution >= 0.6 is 22.7 Å². The van der Waals surface area contributed by atoms with E-state index in [0.717, 1.165) is 35.4 Å². The molecule has 1 saturated carbocycles. The van der Waals surface area contributed by atoms with E-state index in [-0.39, 0.29) is 0 Å². The highest BCUT2D eigenvalue weighted by Crippen LogP contribution is 2.45. The molecule has 102 valence electrons. The molecule has 3 rings (SSSR count). The number of nitrogens with zero attached hydrogens (tertiary/aromatic N) is 3. The van der Waals surface area contributed by atoms with Crippen molar-refractivity contribution >= 4 is 27.8 Å². The predicted molar refractivity (Wildman–Crippen MR) is 81.2 cm³/mol. The molecular weight excluding hydrogens is 276 g/mol. The normalized spacial score (nSPS) is 14.8. The van der Waals surface area contributed by atoms with Crippen molar-refractivity contribution in [2.24, 2.45) is 0 Å². The Labute approximate surface area is 121 Å². The van der Waals surface area contributed by atoms with Crippen molar-refractivity contribution in [3.05, 3.63) is 10.7 Å². The minimum Gasteiger partial charge on any atom is -0.360 e. The molecule has 6 heteroatoms. The molecule has 0 atom stereocenters. The zero-order valence-electron chi connectivity index (χ0n) is 11.3. The summed E-state index contributed by atoms with van der Waals surface area (Å²) in [4.78, 5) is 6.07. The maximum absolute atomic E-state index is 4.83. The first-order valence-electron chi connectivity index (χ1n) is 6.89. The van der Waals surface area contributed by atoms with Crippen molar-refractivity contribution in [3.8, 4) is 9.88 Å². The van der Waals surface area contributed by atoms with E-state index in [0.29, 0.717) is 0 Å². The van der Waals surface area contributed by atoms with Crippen LogP contribution in [0.5, 0.6) is 0 Å². The molecule has 0 aromatic carbocycles. The van der Waals surface area contributed by atoms with Gasteiger partial charge >= 0.3 is 0 Å². The van der Waals surface area contributed by atoms with E-state index in [1.807, 2.05) is 11.3 Å². The second-order valence-electron chi connectivity index (χ2n) is 4.79. The van der Waals surface area contributed by atoms with Crippen LogP contribution < -0.4 is 5.32 Å². The van der Waals surface area contributed by atoms with Crippen LogP contribution in [0.15, 0.2) is 0 Å². The molecular formula is C13H18N4S2. The quantitative estimate of drug-likeness (QED) is 0.877. The maximum atomic E-state index is 4.83. The molecule has 2 aromatic rings. The van der Waals surface area contributed by atoms with Gasteiger partial charge in [-0.15, -0.1) is 21.5 Å². The van der Waals surface area contributed by atoms with Gasteiger partial charge in [-0.25, -0.2) is 4.98 Å². The predicted octanol–water partition coefficient (Wildman–Crippen LogP) is 3.92. The topological polar surface area (TPSA) is 50.7 Å². The van der Waals surface area contributed by atoms with E-state index in [1.54, 1.807) is 11.3 Å². The molecule has 0 unspecified atom stereocenters. The monoisotopic (exact) mass is 294 g/mol. The van der Waals surface area contributed by atoms with Crippen LogP contribution in [-0.4, -0.2) is 21.7 Å². The van der Waals surface area contributed by atoms with E-state index < -0.39 is 0 Å². The molecule has 1 fully saturated rings. The van der Waals surface area contributed by atoms with Gasteiger partial charge in [0.05, 0.1) is 15.6 Å². The lowest BCUT2D eigenvalue weighted by Gasteiger charge is -1.95. The molecule has 1 aliphatic carbocycles. The highest BCUT2D eigenvalue weighted by molar-refractivity contribution is 7.23. The van der Waals surface area contributed by atoms with Crippen LogP contribution in [0.1, 0.15) is 49.7 Å². The molecule has 0 amide bonds. The average Bonchev–Trinajstić information content (AvgIpc) is 3.01. The Morgan fingerprint density at radius 3 is 2.74 bits per heavy atom. The van der Waals surface area contributed by atoms with E-state index in [9.17, 15) is 0 Å². The van der Waals surface area contributed by atoms with Crippen LogP contribution in [0.25, 0.3) is 9.88 Å².